The third kappa shape index (κ3) is 4.08. The van der Waals surface area contributed by atoms with E-state index in [1.54, 1.807) is 0 Å². The number of amides is 1. The maximum absolute atomic E-state index is 13.1. The van der Waals surface area contributed by atoms with Crippen LogP contribution in [-0.2, 0) is 20.8 Å². The third-order valence-electron chi connectivity index (χ3n) is 5.94. The van der Waals surface area contributed by atoms with E-state index in [9.17, 15) is 39.8 Å². The molecule has 4 rings (SSSR count). The number of ketones is 2. The number of nitro groups is 1. The van der Waals surface area contributed by atoms with Crippen LogP contribution in [0.5, 0.6) is 5.75 Å². The minimum Gasteiger partial charge on any atom is -0.511 e. The summed E-state index contributed by atoms with van der Waals surface area (Å²) in [5.74, 6) is -6.78. The molecule has 33 heavy (non-hydrogen) atoms. The summed E-state index contributed by atoms with van der Waals surface area (Å²) in [7, 11) is 0. The molecular formula is C23H28N2O8. The number of Topliss-reactive ketones (excluding diaryl/α,β-unsaturated/α-hetero) is 2. The molecular weight excluding hydrogens is 432 g/mol. The maximum atomic E-state index is 13.1. The van der Waals surface area contributed by atoms with Crippen LogP contribution < -0.4 is 5.73 Å². The van der Waals surface area contributed by atoms with Crippen molar-refractivity contribution in [2.75, 3.05) is 0 Å². The van der Waals surface area contributed by atoms with E-state index in [2.05, 4.69) is 0 Å². The molecule has 3 unspecified atom stereocenters. The molecule has 10 nitrogen and oxygen atoms in total. The molecule has 3 atom stereocenters. The molecule has 10 heteroatoms. The van der Waals surface area contributed by atoms with Gasteiger partial charge in [-0.15, -0.1) is 0 Å². The summed E-state index contributed by atoms with van der Waals surface area (Å²) in [4.78, 5) is 47.1. The fourth-order valence-electron chi connectivity index (χ4n) is 4.75. The number of phenolic OH excluding ortho intramolecular Hbond substituents is 1. The first-order valence-corrected chi connectivity index (χ1v) is 10.9. The van der Waals surface area contributed by atoms with Crippen molar-refractivity contribution in [2.45, 2.75) is 47.0 Å². The van der Waals surface area contributed by atoms with E-state index in [0.29, 0.717) is 5.56 Å². The molecule has 0 spiro atoms. The lowest BCUT2D eigenvalue weighted by atomic mass is 9.61. The summed E-state index contributed by atoms with van der Waals surface area (Å²) < 4.78 is 0. The topological polar surface area (TPSA) is 181 Å². The summed E-state index contributed by atoms with van der Waals surface area (Å²) in [6.45, 7) is 8.00. The molecule has 3 aliphatic carbocycles. The average molecular weight is 460 g/mol. The highest BCUT2D eigenvalue weighted by atomic mass is 16.6. The number of benzene rings is 1. The first-order chi connectivity index (χ1) is 15.6. The van der Waals surface area contributed by atoms with E-state index >= 15 is 0 Å². The lowest BCUT2D eigenvalue weighted by Gasteiger charge is -2.41. The number of aliphatic hydroxyl groups excluding tert-OH is 2. The number of aliphatic hydroxyl groups is 2. The minimum atomic E-state index is -1.22. The summed E-state index contributed by atoms with van der Waals surface area (Å²) in [6, 6.07) is 2.53. The molecule has 1 aromatic carbocycles. The van der Waals surface area contributed by atoms with E-state index in [0.717, 1.165) is 6.07 Å². The zero-order valence-electron chi connectivity index (χ0n) is 18.9. The van der Waals surface area contributed by atoms with Crippen LogP contribution in [-0.4, -0.2) is 37.7 Å². The molecule has 0 heterocycles. The van der Waals surface area contributed by atoms with Crippen molar-refractivity contribution >= 4 is 28.9 Å². The van der Waals surface area contributed by atoms with Crippen molar-refractivity contribution in [3.8, 4) is 5.75 Å². The Hall–Kier alpha value is -3.69. The second-order valence-corrected chi connectivity index (χ2v) is 7.48. The molecule has 0 saturated heterocycles. The molecule has 0 aliphatic heterocycles. The van der Waals surface area contributed by atoms with Gasteiger partial charge in [-0.05, 0) is 30.2 Å². The predicted molar refractivity (Wildman–Crippen MR) is 119 cm³/mol. The van der Waals surface area contributed by atoms with Crippen LogP contribution in [0, 0.1) is 27.9 Å². The Bertz CT molecular complexity index is 1090. The van der Waals surface area contributed by atoms with Crippen LogP contribution in [0.15, 0.2) is 29.0 Å². The average Bonchev–Trinajstić information content (AvgIpc) is 2.75. The number of hydrogen-bond acceptors (Lipinski definition) is 8. The van der Waals surface area contributed by atoms with Crippen LogP contribution in [0.4, 0.5) is 5.69 Å². The normalized spacial score (nSPS) is 23.2. The number of nitrogens with zero attached hydrogens (tertiary/aromatic N) is 1. The number of nitro benzene ring substituents is 1. The lowest BCUT2D eigenvalue weighted by Crippen LogP contribution is -2.44. The van der Waals surface area contributed by atoms with Crippen LogP contribution in [0.1, 0.15) is 51.7 Å². The highest BCUT2D eigenvalue weighted by Gasteiger charge is 2.51. The third-order valence-corrected chi connectivity index (χ3v) is 5.94. The van der Waals surface area contributed by atoms with E-state index in [1.807, 2.05) is 27.7 Å². The van der Waals surface area contributed by atoms with Crippen molar-refractivity contribution in [3.63, 3.8) is 0 Å². The number of primary amides is 1. The van der Waals surface area contributed by atoms with Crippen molar-refractivity contribution in [1.29, 1.82) is 0 Å². The van der Waals surface area contributed by atoms with Crippen LogP contribution in [0.25, 0.3) is 5.76 Å². The van der Waals surface area contributed by atoms with Gasteiger partial charge in [0.05, 0.1) is 16.4 Å². The number of carbonyl (C=O) groups is 3. The quantitative estimate of drug-likeness (QED) is 0.294. The van der Waals surface area contributed by atoms with Gasteiger partial charge in [0.15, 0.2) is 11.6 Å². The van der Waals surface area contributed by atoms with Crippen molar-refractivity contribution < 1.29 is 34.6 Å². The first kappa shape index (κ1) is 25.6. The van der Waals surface area contributed by atoms with Gasteiger partial charge in [0.25, 0.3) is 5.91 Å². The maximum Gasteiger partial charge on any atom is 0.311 e. The first-order valence-electron chi connectivity index (χ1n) is 10.9. The predicted octanol–water partition coefficient (Wildman–Crippen LogP) is 3.27. The van der Waals surface area contributed by atoms with Crippen molar-refractivity contribution in [2.24, 2.45) is 23.5 Å². The molecule has 5 N–H and O–H groups in total. The van der Waals surface area contributed by atoms with Gasteiger partial charge in [0, 0.05) is 18.1 Å². The van der Waals surface area contributed by atoms with Crippen LogP contribution in [0.2, 0.25) is 0 Å². The SMILES string of the molecule is CC.CC.NC(=O)C1=C(O)C2C(=O)C3=C(O)c4c(ccc([N+](=O)[O-])c4O)CC3CC2CC1=O. The van der Waals surface area contributed by atoms with E-state index in [4.69, 9.17) is 5.73 Å². The van der Waals surface area contributed by atoms with Gasteiger partial charge < -0.3 is 21.1 Å². The Morgan fingerprint density at radius 2 is 1.70 bits per heavy atom. The number of aromatic hydroxyl groups is 1. The second-order valence-electron chi connectivity index (χ2n) is 7.48. The number of fused-ring (bicyclic) bond motifs is 3. The largest absolute Gasteiger partial charge is 0.511 e. The minimum absolute atomic E-state index is 0.0840. The van der Waals surface area contributed by atoms with Gasteiger partial charge in [-0.1, -0.05) is 33.8 Å². The highest BCUT2D eigenvalue weighted by molar-refractivity contribution is 6.21. The lowest BCUT2D eigenvalue weighted by molar-refractivity contribution is -0.385. The van der Waals surface area contributed by atoms with Gasteiger partial charge in [0.1, 0.15) is 17.1 Å². The smallest absolute Gasteiger partial charge is 0.311 e. The molecule has 1 fully saturated rings. The molecule has 1 aromatic rings. The summed E-state index contributed by atoms with van der Waals surface area (Å²) in [5.41, 5.74) is 4.08. The van der Waals surface area contributed by atoms with Gasteiger partial charge in [0.2, 0.25) is 5.75 Å². The Kier molecular flexibility index (Phi) is 7.63. The molecule has 178 valence electrons. The van der Waals surface area contributed by atoms with Gasteiger partial charge >= 0.3 is 5.69 Å². The van der Waals surface area contributed by atoms with Gasteiger partial charge in [-0.25, -0.2) is 0 Å². The number of rotatable bonds is 2. The summed E-state index contributed by atoms with van der Waals surface area (Å²) in [6.07, 6.45) is 0.354. The fraction of sp³-hybridized carbons (Fsp3) is 0.435. The molecule has 1 saturated carbocycles. The van der Waals surface area contributed by atoms with E-state index in [-0.39, 0.29) is 30.4 Å². The van der Waals surface area contributed by atoms with Gasteiger partial charge in [-0.3, -0.25) is 24.5 Å². The number of phenols is 1. The van der Waals surface area contributed by atoms with Crippen molar-refractivity contribution in [1.82, 2.24) is 0 Å². The molecule has 0 radical (unpaired) electrons. The molecule has 0 aromatic heterocycles. The second kappa shape index (κ2) is 9.85. The zero-order valence-corrected chi connectivity index (χ0v) is 18.9. The van der Waals surface area contributed by atoms with Gasteiger partial charge in [-0.2, -0.15) is 0 Å². The zero-order chi connectivity index (χ0) is 25.2. The number of nitrogens with two attached hydrogens (primary N) is 1. The summed E-state index contributed by atoms with van der Waals surface area (Å²) in [5, 5.41) is 42.5. The Morgan fingerprint density at radius 3 is 2.24 bits per heavy atom. The van der Waals surface area contributed by atoms with E-state index in [1.165, 1.54) is 6.07 Å². The summed E-state index contributed by atoms with van der Waals surface area (Å²) >= 11 is 0. The fourth-order valence-corrected chi connectivity index (χ4v) is 4.75. The number of hydrogen-bond donors (Lipinski definition) is 4. The molecule has 3 aliphatic rings. The monoisotopic (exact) mass is 460 g/mol. The van der Waals surface area contributed by atoms with Crippen LogP contribution >= 0.6 is 0 Å². The highest BCUT2D eigenvalue weighted by Crippen LogP contribution is 2.51. The van der Waals surface area contributed by atoms with Crippen LogP contribution in [0.3, 0.4) is 0 Å². The molecule has 1 amide bonds. The Morgan fingerprint density at radius 1 is 1.09 bits per heavy atom. The Labute approximate surface area is 190 Å². The number of carbonyl (C=O) groups excluding carboxylic acids is 3. The van der Waals surface area contributed by atoms with Crippen molar-refractivity contribution in [3.05, 3.63) is 50.3 Å². The standard InChI is InChI=1S/C19H16N2O8.2C2H6/c20-19(27)14-10(22)5-8-4-7-3-6-1-2-9(21(28)29)15(23)11(6)16(24)12(7)17(25)13(8)18(14)26;2*1-2/h1-2,7-8,13,23-24,26H,3-5H2,(H2,20,27);2*1-2H3. The van der Waals surface area contributed by atoms with E-state index < -0.39 is 68.7 Å². The Balaban J connectivity index is 0.000000914. The molecule has 0 bridgehead atoms. The number of allylic oxidation sites excluding steroid dienone is 2.